The first-order valence-corrected chi connectivity index (χ1v) is 4.53. The van der Waals surface area contributed by atoms with Crippen molar-refractivity contribution < 1.29 is 9.94 Å². The summed E-state index contributed by atoms with van der Waals surface area (Å²) in [6.07, 6.45) is 1.36. The van der Waals surface area contributed by atoms with Crippen LogP contribution in [0, 0.1) is 0 Å². The van der Waals surface area contributed by atoms with E-state index in [1.54, 1.807) is 0 Å². The first kappa shape index (κ1) is 12.2. The van der Waals surface area contributed by atoms with E-state index < -0.39 is 0 Å². The lowest BCUT2D eigenvalue weighted by atomic mass is 10.1. The SMILES string of the molecule is CCC(C/C(N)=N/O)OC(C)(C)C. The molecule has 0 aliphatic heterocycles. The van der Waals surface area contributed by atoms with Gasteiger partial charge in [-0.1, -0.05) is 12.1 Å². The third-order valence-corrected chi connectivity index (χ3v) is 1.54. The van der Waals surface area contributed by atoms with Gasteiger partial charge in [-0.15, -0.1) is 0 Å². The van der Waals surface area contributed by atoms with Crippen LogP contribution in [0.5, 0.6) is 0 Å². The van der Waals surface area contributed by atoms with Crippen LogP contribution in [0.3, 0.4) is 0 Å². The summed E-state index contributed by atoms with van der Waals surface area (Å²) in [5, 5.41) is 11.3. The van der Waals surface area contributed by atoms with Gasteiger partial charge in [-0.25, -0.2) is 0 Å². The van der Waals surface area contributed by atoms with Gasteiger partial charge in [-0.05, 0) is 27.2 Å². The van der Waals surface area contributed by atoms with E-state index in [4.69, 9.17) is 15.7 Å². The highest BCUT2D eigenvalue weighted by Crippen LogP contribution is 2.15. The molecule has 0 rings (SSSR count). The van der Waals surface area contributed by atoms with Crippen LogP contribution in [0.1, 0.15) is 40.5 Å². The van der Waals surface area contributed by atoms with Crippen LogP contribution in [0.2, 0.25) is 0 Å². The zero-order valence-corrected chi connectivity index (χ0v) is 8.87. The molecule has 0 heterocycles. The molecule has 4 nitrogen and oxygen atoms in total. The van der Waals surface area contributed by atoms with Crippen LogP contribution in [0.15, 0.2) is 5.16 Å². The Morgan fingerprint density at radius 1 is 1.54 bits per heavy atom. The van der Waals surface area contributed by atoms with E-state index in [9.17, 15) is 0 Å². The molecular weight excluding hydrogens is 168 g/mol. The van der Waals surface area contributed by atoms with Crippen molar-refractivity contribution in [3.8, 4) is 0 Å². The summed E-state index contributed by atoms with van der Waals surface area (Å²) < 4.78 is 5.69. The molecule has 0 saturated heterocycles. The van der Waals surface area contributed by atoms with E-state index in [-0.39, 0.29) is 17.5 Å². The minimum atomic E-state index is -0.184. The standard InChI is InChI=1S/C9H20N2O2/c1-5-7(6-8(10)11-12)13-9(2,3)4/h7,12H,5-6H2,1-4H3,(H2,10,11). The summed E-state index contributed by atoms with van der Waals surface area (Å²) in [5.74, 6) is 0.219. The fraction of sp³-hybridized carbons (Fsp3) is 0.889. The van der Waals surface area contributed by atoms with E-state index in [0.29, 0.717) is 6.42 Å². The van der Waals surface area contributed by atoms with E-state index in [1.165, 1.54) is 0 Å². The molecule has 0 amide bonds. The van der Waals surface area contributed by atoms with Gasteiger partial charge in [0, 0.05) is 6.42 Å². The molecule has 0 radical (unpaired) electrons. The summed E-state index contributed by atoms with van der Waals surface area (Å²) in [6.45, 7) is 7.98. The predicted octanol–water partition coefficient (Wildman–Crippen LogP) is 1.72. The number of nitrogens with two attached hydrogens (primary N) is 1. The molecule has 4 heteroatoms. The smallest absolute Gasteiger partial charge is 0.141 e. The second-order valence-electron chi connectivity index (χ2n) is 4.06. The van der Waals surface area contributed by atoms with E-state index in [1.807, 2.05) is 27.7 Å². The van der Waals surface area contributed by atoms with Crippen LogP contribution in [0.4, 0.5) is 0 Å². The van der Waals surface area contributed by atoms with Gasteiger partial charge >= 0.3 is 0 Å². The molecule has 3 N–H and O–H groups in total. The lowest BCUT2D eigenvalue weighted by Crippen LogP contribution is -2.30. The van der Waals surface area contributed by atoms with Crippen molar-refractivity contribution >= 4 is 5.84 Å². The highest BCUT2D eigenvalue weighted by molar-refractivity contribution is 5.80. The Morgan fingerprint density at radius 2 is 2.08 bits per heavy atom. The van der Waals surface area contributed by atoms with Crippen LogP contribution < -0.4 is 5.73 Å². The molecule has 1 atom stereocenters. The van der Waals surface area contributed by atoms with Crippen LogP contribution in [0.25, 0.3) is 0 Å². The maximum atomic E-state index is 8.38. The summed E-state index contributed by atoms with van der Waals surface area (Å²) in [7, 11) is 0. The van der Waals surface area contributed by atoms with Crippen molar-refractivity contribution in [2.45, 2.75) is 52.2 Å². The molecule has 0 fully saturated rings. The van der Waals surface area contributed by atoms with E-state index in [0.717, 1.165) is 6.42 Å². The maximum Gasteiger partial charge on any atom is 0.141 e. The summed E-state index contributed by atoms with van der Waals surface area (Å²) in [5.41, 5.74) is 5.20. The Bertz CT molecular complexity index is 173. The van der Waals surface area contributed by atoms with E-state index in [2.05, 4.69) is 5.16 Å². The normalized spacial score (nSPS) is 15.8. The predicted molar refractivity (Wildman–Crippen MR) is 52.9 cm³/mol. The topological polar surface area (TPSA) is 67.8 Å². The quantitative estimate of drug-likeness (QED) is 0.305. The van der Waals surface area contributed by atoms with Crippen molar-refractivity contribution in [2.24, 2.45) is 10.9 Å². The van der Waals surface area contributed by atoms with Crippen molar-refractivity contribution in [1.82, 2.24) is 0 Å². The molecule has 0 bridgehead atoms. The number of hydrogen-bond acceptors (Lipinski definition) is 3. The highest BCUT2D eigenvalue weighted by Gasteiger charge is 2.18. The molecule has 0 saturated carbocycles. The lowest BCUT2D eigenvalue weighted by molar-refractivity contribution is -0.0576. The molecule has 1 unspecified atom stereocenters. The van der Waals surface area contributed by atoms with Gasteiger partial charge in [0.2, 0.25) is 0 Å². The Hall–Kier alpha value is -0.770. The Labute approximate surface area is 79.8 Å². The summed E-state index contributed by atoms with van der Waals surface area (Å²) in [6, 6.07) is 0. The molecule has 0 aromatic carbocycles. The second kappa shape index (κ2) is 5.07. The minimum absolute atomic E-state index is 0.0240. The first-order chi connectivity index (χ1) is 5.89. The average molecular weight is 188 g/mol. The van der Waals surface area contributed by atoms with Crippen molar-refractivity contribution in [3.05, 3.63) is 0 Å². The van der Waals surface area contributed by atoms with Crippen LogP contribution in [-0.4, -0.2) is 22.7 Å². The third-order valence-electron chi connectivity index (χ3n) is 1.54. The van der Waals surface area contributed by atoms with Gasteiger partial charge in [0.25, 0.3) is 0 Å². The van der Waals surface area contributed by atoms with E-state index >= 15 is 0 Å². The van der Waals surface area contributed by atoms with Gasteiger partial charge in [0.1, 0.15) is 5.84 Å². The van der Waals surface area contributed by atoms with Gasteiger partial charge < -0.3 is 15.7 Å². The highest BCUT2D eigenvalue weighted by atomic mass is 16.5. The van der Waals surface area contributed by atoms with Gasteiger partial charge in [-0.2, -0.15) is 0 Å². The van der Waals surface area contributed by atoms with Crippen LogP contribution in [-0.2, 0) is 4.74 Å². The molecule has 0 aromatic rings. The fourth-order valence-electron chi connectivity index (χ4n) is 1.04. The van der Waals surface area contributed by atoms with Crippen molar-refractivity contribution in [1.29, 1.82) is 0 Å². The molecule has 0 aliphatic carbocycles. The number of oxime groups is 1. The second-order valence-corrected chi connectivity index (χ2v) is 4.06. The molecule has 13 heavy (non-hydrogen) atoms. The number of ether oxygens (including phenoxy) is 1. The maximum absolute atomic E-state index is 8.38. The molecule has 78 valence electrons. The number of hydrogen-bond donors (Lipinski definition) is 2. The summed E-state index contributed by atoms with van der Waals surface area (Å²) >= 11 is 0. The number of amidine groups is 1. The van der Waals surface area contributed by atoms with Crippen molar-refractivity contribution in [3.63, 3.8) is 0 Å². The van der Waals surface area contributed by atoms with Gasteiger partial charge in [-0.3, -0.25) is 0 Å². The average Bonchev–Trinajstić information content (AvgIpc) is 2.00. The Balaban J connectivity index is 4.05. The fourth-order valence-corrected chi connectivity index (χ4v) is 1.04. The largest absolute Gasteiger partial charge is 0.409 e. The number of nitrogens with zero attached hydrogens (tertiary/aromatic N) is 1. The molecule has 0 aromatic heterocycles. The third kappa shape index (κ3) is 6.40. The molecule has 0 spiro atoms. The Morgan fingerprint density at radius 3 is 2.38 bits per heavy atom. The van der Waals surface area contributed by atoms with Gasteiger partial charge in [0.05, 0.1) is 11.7 Å². The lowest BCUT2D eigenvalue weighted by Gasteiger charge is -2.26. The minimum Gasteiger partial charge on any atom is -0.409 e. The van der Waals surface area contributed by atoms with Crippen molar-refractivity contribution in [2.75, 3.05) is 0 Å². The Kier molecular flexibility index (Phi) is 4.77. The summed E-state index contributed by atoms with van der Waals surface area (Å²) in [4.78, 5) is 0. The van der Waals surface area contributed by atoms with Crippen LogP contribution >= 0.6 is 0 Å². The van der Waals surface area contributed by atoms with Gasteiger partial charge in [0.15, 0.2) is 0 Å². The number of rotatable bonds is 4. The monoisotopic (exact) mass is 188 g/mol. The first-order valence-electron chi connectivity index (χ1n) is 4.53. The zero-order chi connectivity index (χ0) is 10.5. The zero-order valence-electron chi connectivity index (χ0n) is 8.87. The molecule has 0 aliphatic rings. The molecular formula is C9H20N2O2.